The molecule has 0 fully saturated rings. The molecule has 0 amide bonds. The van der Waals surface area contributed by atoms with Crippen LogP contribution in [-0.4, -0.2) is 12.6 Å². The standard InChI is InChI=1S/C23H21NSi/c1-16-13-14-20-19(15-16)23-22(24(20)2)18-11-7-8-12-21(18)25(23,3)17-9-5-4-6-10-17/h4-15H,1-3H3/t25-/m1/s1. The molecule has 1 nitrogen and oxygen atoms in total. The second kappa shape index (κ2) is 4.96. The third-order valence-electron chi connectivity index (χ3n) is 5.93. The van der Waals surface area contributed by atoms with E-state index in [1.165, 1.54) is 32.9 Å². The molecule has 3 aromatic carbocycles. The van der Waals surface area contributed by atoms with Crippen LogP contribution >= 0.6 is 0 Å². The minimum absolute atomic E-state index is 1.33. The molecule has 0 radical (unpaired) electrons. The molecule has 0 saturated carbocycles. The van der Waals surface area contributed by atoms with Crippen LogP contribution in [0, 0.1) is 6.92 Å². The van der Waals surface area contributed by atoms with Crippen LogP contribution in [0.25, 0.3) is 22.2 Å². The van der Waals surface area contributed by atoms with E-state index in [9.17, 15) is 0 Å². The van der Waals surface area contributed by atoms with E-state index in [0.29, 0.717) is 0 Å². The minimum Gasteiger partial charge on any atom is -0.344 e. The van der Waals surface area contributed by atoms with Crippen molar-refractivity contribution in [3.05, 3.63) is 78.4 Å². The highest BCUT2D eigenvalue weighted by Gasteiger charge is 2.46. The topological polar surface area (TPSA) is 4.93 Å². The fourth-order valence-electron chi connectivity index (χ4n) is 4.71. The zero-order valence-electron chi connectivity index (χ0n) is 14.9. The van der Waals surface area contributed by atoms with Gasteiger partial charge in [-0.15, -0.1) is 0 Å². The molecule has 1 aliphatic rings. The van der Waals surface area contributed by atoms with Gasteiger partial charge in [-0.25, -0.2) is 0 Å². The molecule has 0 bridgehead atoms. The average Bonchev–Trinajstić information content (AvgIpc) is 3.09. The zero-order valence-corrected chi connectivity index (χ0v) is 15.9. The van der Waals surface area contributed by atoms with Crippen molar-refractivity contribution in [2.45, 2.75) is 13.5 Å². The van der Waals surface area contributed by atoms with Crippen LogP contribution < -0.4 is 15.6 Å². The van der Waals surface area contributed by atoms with E-state index in [4.69, 9.17) is 0 Å². The molecule has 25 heavy (non-hydrogen) atoms. The van der Waals surface area contributed by atoms with Gasteiger partial charge in [0.25, 0.3) is 0 Å². The van der Waals surface area contributed by atoms with Gasteiger partial charge < -0.3 is 4.57 Å². The van der Waals surface area contributed by atoms with Crippen LogP contribution in [0.2, 0.25) is 6.55 Å². The summed E-state index contributed by atoms with van der Waals surface area (Å²) < 4.78 is 2.41. The van der Waals surface area contributed by atoms with Gasteiger partial charge in [0.05, 0.1) is 0 Å². The van der Waals surface area contributed by atoms with Crippen LogP contribution in [0.5, 0.6) is 0 Å². The SMILES string of the molecule is Cc1ccc2c(c1)c1c(n2C)-c2ccccc2[Si@@]1(C)c1ccccc1. The molecule has 0 aliphatic carbocycles. The highest BCUT2D eigenvalue weighted by molar-refractivity contribution is 7.14. The Morgan fingerprint density at radius 1 is 0.840 bits per heavy atom. The Labute approximate surface area is 149 Å². The second-order valence-corrected chi connectivity index (χ2v) is 11.2. The third kappa shape index (κ3) is 1.78. The molecule has 1 aliphatic heterocycles. The van der Waals surface area contributed by atoms with Crippen molar-refractivity contribution in [1.29, 1.82) is 0 Å². The lowest BCUT2D eigenvalue weighted by Crippen LogP contribution is -2.62. The molecule has 1 atom stereocenters. The van der Waals surface area contributed by atoms with Gasteiger partial charge >= 0.3 is 0 Å². The summed E-state index contributed by atoms with van der Waals surface area (Å²) in [6.45, 7) is 4.72. The molecule has 4 aromatic rings. The summed E-state index contributed by atoms with van der Waals surface area (Å²) in [4.78, 5) is 0. The fourth-order valence-corrected chi connectivity index (χ4v) is 9.12. The maximum Gasteiger partial charge on any atom is 0.149 e. The monoisotopic (exact) mass is 339 g/mol. The van der Waals surface area contributed by atoms with Gasteiger partial charge in [-0.2, -0.15) is 0 Å². The van der Waals surface area contributed by atoms with Crippen LogP contribution in [0.3, 0.4) is 0 Å². The quantitative estimate of drug-likeness (QED) is 0.467. The molecule has 0 unspecified atom stereocenters. The number of benzene rings is 3. The summed E-state index contributed by atoms with van der Waals surface area (Å²) in [5.41, 5.74) is 5.53. The molecule has 2 heterocycles. The van der Waals surface area contributed by atoms with E-state index in [2.05, 4.69) is 97.9 Å². The largest absolute Gasteiger partial charge is 0.344 e. The van der Waals surface area contributed by atoms with Crippen molar-refractivity contribution < 1.29 is 0 Å². The minimum atomic E-state index is -1.99. The van der Waals surface area contributed by atoms with Crippen molar-refractivity contribution >= 4 is 34.5 Å². The molecule has 0 N–H and O–H groups in total. The zero-order chi connectivity index (χ0) is 17.2. The Kier molecular flexibility index (Phi) is 2.92. The maximum absolute atomic E-state index is 2.52. The summed E-state index contributed by atoms with van der Waals surface area (Å²) in [5.74, 6) is 0. The fraction of sp³-hybridized carbons (Fsp3) is 0.130. The highest BCUT2D eigenvalue weighted by atomic mass is 28.3. The Hall–Kier alpha value is -2.58. The molecule has 0 saturated heterocycles. The number of aryl methyl sites for hydroxylation is 2. The number of fused-ring (bicyclic) bond motifs is 5. The lowest BCUT2D eigenvalue weighted by atomic mass is 10.1. The normalized spacial score (nSPS) is 18.4. The van der Waals surface area contributed by atoms with Crippen molar-refractivity contribution in [3.63, 3.8) is 0 Å². The number of nitrogens with zero attached hydrogens (tertiary/aromatic N) is 1. The van der Waals surface area contributed by atoms with Gasteiger partial charge in [0.15, 0.2) is 0 Å². The van der Waals surface area contributed by atoms with Gasteiger partial charge in [-0.1, -0.05) is 72.8 Å². The smallest absolute Gasteiger partial charge is 0.149 e. The lowest BCUT2D eigenvalue weighted by Gasteiger charge is -2.25. The van der Waals surface area contributed by atoms with Crippen LogP contribution in [0.15, 0.2) is 72.8 Å². The molecular formula is C23H21NSi. The van der Waals surface area contributed by atoms with E-state index in [1.54, 1.807) is 10.4 Å². The van der Waals surface area contributed by atoms with Crippen LogP contribution in [0.4, 0.5) is 0 Å². The maximum atomic E-state index is 2.52. The predicted octanol–water partition coefficient (Wildman–Crippen LogP) is 3.57. The highest BCUT2D eigenvalue weighted by Crippen LogP contribution is 2.34. The van der Waals surface area contributed by atoms with Gasteiger partial charge in [0.1, 0.15) is 8.07 Å². The van der Waals surface area contributed by atoms with E-state index in [-0.39, 0.29) is 0 Å². The number of hydrogen-bond donors (Lipinski definition) is 0. The molecule has 0 spiro atoms. The van der Waals surface area contributed by atoms with Crippen molar-refractivity contribution in [1.82, 2.24) is 4.57 Å². The molecule has 2 heteroatoms. The third-order valence-corrected chi connectivity index (χ3v) is 10.4. The van der Waals surface area contributed by atoms with E-state index >= 15 is 0 Å². The first kappa shape index (κ1) is 14.7. The van der Waals surface area contributed by atoms with Crippen molar-refractivity contribution in [3.8, 4) is 11.3 Å². The Morgan fingerprint density at radius 3 is 2.36 bits per heavy atom. The summed E-state index contributed by atoms with van der Waals surface area (Å²) >= 11 is 0. The van der Waals surface area contributed by atoms with Crippen LogP contribution in [0.1, 0.15) is 5.56 Å². The summed E-state index contributed by atoms with van der Waals surface area (Å²) in [6, 6.07) is 27.1. The second-order valence-electron chi connectivity index (χ2n) is 7.34. The van der Waals surface area contributed by atoms with Crippen molar-refractivity contribution in [2.75, 3.05) is 0 Å². The van der Waals surface area contributed by atoms with Gasteiger partial charge in [0.2, 0.25) is 0 Å². The Morgan fingerprint density at radius 2 is 1.56 bits per heavy atom. The first-order valence-corrected chi connectivity index (χ1v) is 11.4. The predicted molar refractivity (Wildman–Crippen MR) is 110 cm³/mol. The lowest BCUT2D eigenvalue weighted by molar-refractivity contribution is 0.982. The number of hydrogen-bond acceptors (Lipinski definition) is 0. The average molecular weight is 340 g/mol. The Balaban J connectivity index is 2.00. The number of rotatable bonds is 1. The first-order chi connectivity index (χ1) is 12.1. The van der Waals surface area contributed by atoms with E-state index < -0.39 is 8.07 Å². The summed E-state index contributed by atoms with van der Waals surface area (Å²) in [7, 11) is 0.230. The molecule has 122 valence electrons. The van der Waals surface area contributed by atoms with Gasteiger partial charge in [-0.05, 0) is 40.2 Å². The van der Waals surface area contributed by atoms with Gasteiger partial charge in [-0.3, -0.25) is 0 Å². The van der Waals surface area contributed by atoms with Gasteiger partial charge in [0, 0.05) is 23.6 Å². The number of aromatic nitrogens is 1. The first-order valence-electron chi connectivity index (χ1n) is 8.87. The summed E-state index contributed by atoms with van der Waals surface area (Å²) in [6.07, 6.45) is 0. The molecular weight excluding hydrogens is 318 g/mol. The molecule has 1 aromatic heterocycles. The molecule has 5 rings (SSSR count). The summed E-state index contributed by atoms with van der Waals surface area (Å²) in [5, 5.41) is 6.06. The Bertz CT molecular complexity index is 1120. The van der Waals surface area contributed by atoms with E-state index in [0.717, 1.165) is 0 Å². The van der Waals surface area contributed by atoms with Crippen LogP contribution in [-0.2, 0) is 7.05 Å². The van der Waals surface area contributed by atoms with E-state index in [1.807, 2.05) is 0 Å². The van der Waals surface area contributed by atoms with Crippen molar-refractivity contribution in [2.24, 2.45) is 7.05 Å².